The minimum absolute atomic E-state index is 0. The van der Waals surface area contributed by atoms with Gasteiger partial charge in [0, 0.05) is 157 Å². The van der Waals surface area contributed by atoms with Crippen LogP contribution in [0.1, 0.15) is 424 Å². The van der Waals surface area contributed by atoms with Crippen LogP contribution in [0.2, 0.25) is 0 Å². The van der Waals surface area contributed by atoms with E-state index < -0.39 is 34.6 Å². The number of ether oxygens (including phenoxy) is 1. The molecule has 6 aliphatic rings. The maximum atomic E-state index is 13.0. The number of allylic oxidation sites excluding steroid dienone is 18. The van der Waals surface area contributed by atoms with Gasteiger partial charge >= 0.3 is 0 Å². The van der Waals surface area contributed by atoms with Crippen molar-refractivity contribution in [1.29, 1.82) is 0 Å². The van der Waals surface area contributed by atoms with Gasteiger partial charge in [0.25, 0.3) is 0 Å². The van der Waals surface area contributed by atoms with E-state index in [4.69, 9.17) is 9.15 Å². The standard InChI is InChI=1S/C20H18O5.2C18H18O4.2C16H16O4.C15H18O3S.C14H12O5.CH4/c1-5-7-12-13(8-6-2)19(24)17-14(9-21)20(25)15(11(4)22)10(3)16(17)18(12)23;1-6-7-12-8(2)16(20)15-10(4)17(21)13(11(5)19)9(3)14(15)18(12)22;1-6-7-12-8(2)16(20)14-9(3)13(11(5)19)17(21)10(4)15(14)18(12)22;1-6-7(2)15(19)13-9(4)16(20)11(10(5)17)8(3)12(13)14(6)18;1-6-7(2)15(19)12(10(5)17)13-11(6)14(18)8(3)9(4)16(13)20;1-3-4-5-12(17)13-14-10(8-9(2)15(13)19)11(16)6-7-18-14;1-6-8(3)19-14-7(2)9(4-15)13(18)10(5-16)11(14)12(6)17;/h5-9,25H,1-4H3;2*6-7,21H,1-5H3;20H,1-5H3;19H,1-5H3;8,19H,3-7H2,1-2H3;4-5,18H,1-3H3;1H4/b7-5+,8-6+;2*7-6+;;;;;. The third-order valence-corrected chi connectivity index (χ3v) is 27.7. The van der Waals surface area contributed by atoms with Crippen LogP contribution in [0.25, 0.3) is 11.0 Å². The number of aryl methyl sites for hydroxylation is 3. The number of hydrogen-bond acceptors (Lipinski definition) is 30. The number of hydrogen-bond donors (Lipinski definition) is 7. The Hall–Kier alpha value is -16.2. The van der Waals surface area contributed by atoms with E-state index in [2.05, 4.69) is 12.6 Å². The molecule has 772 valence electrons. The smallest absolute Gasteiger partial charge is 0.196 e. The van der Waals surface area contributed by atoms with Crippen molar-refractivity contribution in [2.24, 2.45) is 0 Å². The van der Waals surface area contributed by atoms with Gasteiger partial charge in [0.2, 0.25) is 0 Å². The zero-order valence-electron chi connectivity index (χ0n) is 87.5. The summed E-state index contributed by atoms with van der Waals surface area (Å²) in [6, 6.07) is 1.77. The number of phenols is 6. The van der Waals surface area contributed by atoms with Crippen LogP contribution in [0.4, 0.5) is 0 Å². The van der Waals surface area contributed by atoms with Crippen molar-refractivity contribution in [3.8, 4) is 40.2 Å². The van der Waals surface area contributed by atoms with Crippen LogP contribution in [0.3, 0.4) is 0 Å². The van der Waals surface area contributed by atoms with E-state index in [-0.39, 0.29) is 250 Å². The van der Waals surface area contributed by atoms with Gasteiger partial charge in [-0.1, -0.05) is 69.4 Å². The van der Waals surface area contributed by atoms with Crippen molar-refractivity contribution in [2.75, 3.05) is 6.61 Å². The number of Topliss-reactive ketones (excluding diaryl/α,β-unsaturated/α-hetero) is 17. The molecule has 0 atom stereocenters. The average molecular weight is 2030 g/mol. The Balaban J connectivity index is 0.000000234. The molecule has 30 heteroatoms. The van der Waals surface area contributed by atoms with E-state index in [1.54, 1.807) is 188 Å². The lowest BCUT2D eigenvalue weighted by atomic mass is 9.77. The monoisotopic (exact) mass is 2030 g/mol. The molecular formula is C118H120O29S. The Morgan fingerprint density at radius 3 is 1.02 bits per heavy atom. The van der Waals surface area contributed by atoms with Gasteiger partial charge in [0.05, 0.1) is 67.6 Å². The first-order valence-corrected chi connectivity index (χ1v) is 47.2. The van der Waals surface area contributed by atoms with Gasteiger partial charge in [0.15, 0.2) is 123 Å². The molecule has 0 radical (unpaired) electrons. The first kappa shape index (κ1) is 119. The molecular weight excluding hydrogens is 1910 g/mol. The van der Waals surface area contributed by atoms with Gasteiger partial charge in [-0.2, -0.15) is 0 Å². The summed E-state index contributed by atoms with van der Waals surface area (Å²) in [5.41, 5.74) is 9.81. The number of benzene rings is 7. The molecule has 0 unspecified atom stereocenters. The number of fused-ring (bicyclic) bond motifs is 7. The number of rotatable bonds is 16. The Labute approximate surface area is 861 Å². The highest BCUT2D eigenvalue weighted by Crippen LogP contribution is 2.47. The van der Waals surface area contributed by atoms with Crippen molar-refractivity contribution in [3.05, 3.63) is 304 Å². The molecule has 0 spiro atoms. The second-order valence-electron chi connectivity index (χ2n) is 36.2. The van der Waals surface area contributed by atoms with Gasteiger partial charge in [-0.15, -0.1) is 12.6 Å². The average Bonchev–Trinajstić information content (AvgIpc) is 0.718. The Morgan fingerprint density at radius 1 is 0.345 bits per heavy atom. The number of ketones is 17. The summed E-state index contributed by atoms with van der Waals surface area (Å²) >= 11 is 4.42. The van der Waals surface area contributed by atoms with Crippen molar-refractivity contribution >= 4 is 141 Å². The molecule has 0 saturated carbocycles. The van der Waals surface area contributed by atoms with E-state index in [1.807, 2.05) is 13.8 Å². The molecule has 5 aliphatic carbocycles. The third-order valence-electron chi connectivity index (χ3n) is 27.1. The quantitative estimate of drug-likeness (QED) is 0.0268. The molecule has 6 N–H and O–H groups in total. The molecule has 7 aromatic carbocycles. The molecule has 29 nitrogen and oxygen atoms in total. The molecule has 1 aliphatic heterocycles. The van der Waals surface area contributed by atoms with E-state index in [0.717, 1.165) is 18.4 Å². The fraction of sp³-hybridized carbons (Fsp3) is 0.297. The highest BCUT2D eigenvalue weighted by molar-refractivity contribution is 7.80. The van der Waals surface area contributed by atoms with E-state index in [1.165, 1.54) is 53.7 Å². The molecule has 0 saturated heterocycles. The first-order valence-electron chi connectivity index (χ1n) is 46.8. The summed E-state index contributed by atoms with van der Waals surface area (Å²) in [6.45, 7) is 46.3. The lowest BCUT2D eigenvalue weighted by Gasteiger charge is -2.23. The zero-order valence-corrected chi connectivity index (χ0v) is 88.4. The molecule has 0 bridgehead atoms. The maximum Gasteiger partial charge on any atom is 0.196 e. The van der Waals surface area contributed by atoms with Gasteiger partial charge in [-0.3, -0.25) is 101 Å². The topological polar surface area (TPSA) is 502 Å². The fourth-order valence-electron chi connectivity index (χ4n) is 18.6. The second-order valence-corrected chi connectivity index (χ2v) is 36.6. The highest BCUT2D eigenvalue weighted by Gasteiger charge is 2.43. The summed E-state index contributed by atoms with van der Waals surface area (Å²) in [7, 11) is 0. The van der Waals surface area contributed by atoms with Gasteiger partial charge in [-0.25, -0.2) is 0 Å². The predicted molar refractivity (Wildman–Crippen MR) is 563 cm³/mol. The molecule has 0 amide bonds. The number of phenolic OH excluding ortho intramolecular Hbond substituents is 6. The van der Waals surface area contributed by atoms with Gasteiger partial charge in [0.1, 0.15) is 51.6 Å². The third kappa shape index (κ3) is 21.0. The molecule has 148 heavy (non-hydrogen) atoms. The van der Waals surface area contributed by atoms with Crippen molar-refractivity contribution < 1.29 is 136 Å². The number of aromatic hydroxyl groups is 6. The molecule has 1 aromatic heterocycles. The number of aldehydes is 3. The number of thiol groups is 1. The fourth-order valence-corrected chi connectivity index (χ4v) is 18.9. The number of carbonyl (C=O) groups is 20. The molecule has 2 heterocycles. The van der Waals surface area contributed by atoms with E-state index in [9.17, 15) is 131 Å². The first-order chi connectivity index (χ1) is 68.7. The summed E-state index contributed by atoms with van der Waals surface area (Å²) in [4.78, 5) is 256. The van der Waals surface area contributed by atoms with Crippen LogP contribution in [-0.2, 0) is 0 Å². The summed E-state index contributed by atoms with van der Waals surface area (Å²) < 4.78 is 11.1. The molecule has 14 rings (SSSR count). The normalized spacial score (nSPS) is 14.0. The summed E-state index contributed by atoms with van der Waals surface area (Å²) in [5.74, 6) is -6.12. The van der Waals surface area contributed by atoms with Crippen LogP contribution in [0.5, 0.6) is 40.2 Å². The second kappa shape index (κ2) is 47.3. The van der Waals surface area contributed by atoms with Crippen LogP contribution in [-0.4, -0.2) is 154 Å². The van der Waals surface area contributed by atoms with Gasteiger partial charge in [-0.05, 0) is 245 Å². The van der Waals surface area contributed by atoms with E-state index in [0.29, 0.717) is 155 Å². The summed E-state index contributed by atoms with van der Waals surface area (Å²) in [6.07, 6.45) is 16.6. The lowest BCUT2D eigenvalue weighted by Crippen LogP contribution is -2.25. The maximum absolute atomic E-state index is 13.0. The van der Waals surface area contributed by atoms with Crippen LogP contribution in [0, 0.1) is 90.0 Å². The van der Waals surface area contributed by atoms with Crippen LogP contribution >= 0.6 is 12.6 Å². The number of carbonyl (C=O) groups excluding carboxylic acids is 20. The van der Waals surface area contributed by atoms with Crippen molar-refractivity contribution in [3.63, 3.8) is 0 Å². The molecule has 0 fully saturated rings. The Kier molecular flexibility index (Phi) is 37.9. The lowest BCUT2D eigenvalue weighted by molar-refractivity contribution is 0.0919. The van der Waals surface area contributed by atoms with Gasteiger partial charge < -0.3 is 39.8 Å². The van der Waals surface area contributed by atoms with Crippen molar-refractivity contribution in [2.45, 2.75) is 239 Å². The Morgan fingerprint density at radius 2 is 0.655 bits per heavy atom. The van der Waals surface area contributed by atoms with Crippen LogP contribution < -0.4 is 10.2 Å². The van der Waals surface area contributed by atoms with E-state index >= 15 is 0 Å². The minimum atomic E-state index is -0.561. The highest BCUT2D eigenvalue weighted by atomic mass is 32.1. The zero-order chi connectivity index (χ0) is 111. The minimum Gasteiger partial charge on any atom is -0.507 e. The summed E-state index contributed by atoms with van der Waals surface area (Å²) in [5, 5.41) is 61.1. The Bertz CT molecular complexity index is 7770. The number of unbranched alkanes of at least 4 members (excludes halogenated alkanes) is 1. The molecule has 8 aromatic rings. The SMILES string of the molecule is C.C/C=C/C1=C(/C=C/C)C(=O)c2c(C=O)c(O)c(C(C)=O)c(C)c2C1=O.C/C=C/C1=C(C)C(=O)c2c(C)c(C(C)=O)c(O)c(C)c2C1=O.C/C=C/C1=C(C)C(=O)c2c(C)c(O)c(C(C)=O)c(C)c2C1=O.CC(=O)c1c(C)c2c(c(C)c1O)C(=O)C(C)=C(C)C2=O.CC(=O)c1c(O)c(C)c(C)c2c1C(=O)C(C)=C(C)C2=O.CCCCC(=O)c1c(S)c(C)cc2c1OCCC2=O.Cc1oc2c(C)c(C=O)c(O)c(C=O)c2c(=O)c1C. The van der Waals surface area contributed by atoms with Crippen LogP contribution in [0.15, 0.2) is 125 Å². The largest absolute Gasteiger partial charge is 0.507 e. The van der Waals surface area contributed by atoms with Crippen molar-refractivity contribution in [1.82, 2.24) is 0 Å². The predicted octanol–water partition coefficient (Wildman–Crippen LogP) is 22.7.